The molecule has 0 aromatic heterocycles. The van der Waals surface area contributed by atoms with Crippen LogP contribution in [0.5, 0.6) is 0 Å². The number of aldehydes is 1. The van der Waals surface area contributed by atoms with Crippen LogP contribution in [0.15, 0.2) is 11.6 Å². The summed E-state index contributed by atoms with van der Waals surface area (Å²) in [6.45, 7) is 2.14. The van der Waals surface area contributed by atoms with Crippen LogP contribution in [0.25, 0.3) is 0 Å². The molecule has 1 heteroatoms. The third kappa shape index (κ3) is 1.41. The van der Waals surface area contributed by atoms with Crippen LogP contribution >= 0.6 is 0 Å². The van der Waals surface area contributed by atoms with Gasteiger partial charge in [0.2, 0.25) is 0 Å². The van der Waals surface area contributed by atoms with Crippen LogP contribution in [-0.2, 0) is 4.79 Å². The smallest absolute Gasteiger partial charge is 0.126 e. The molecule has 1 aliphatic carbocycles. The van der Waals surface area contributed by atoms with Gasteiger partial charge < -0.3 is 4.79 Å². The summed E-state index contributed by atoms with van der Waals surface area (Å²) in [5.41, 5.74) is 1.45. The molecule has 0 saturated carbocycles. The molecule has 0 saturated heterocycles. The first kappa shape index (κ1) is 6.53. The van der Waals surface area contributed by atoms with Gasteiger partial charge in [-0.2, -0.15) is 0 Å². The number of carbonyl (C=O) groups is 1. The van der Waals surface area contributed by atoms with Gasteiger partial charge in [0.05, 0.1) is 0 Å². The zero-order valence-corrected chi connectivity index (χ0v) is 5.76. The fraction of sp³-hybridized carbons (Fsp3) is 0.625. The Kier molecular flexibility index (Phi) is 2.04. The Labute approximate surface area is 55.8 Å². The van der Waals surface area contributed by atoms with Crippen molar-refractivity contribution in [2.75, 3.05) is 0 Å². The summed E-state index contributed by atoms with van der Waals surface area (Å²) in [6, 6.07) is 0. The van der Waals surface area contributed by atoms with Crippen molar-refractivity contribution >= 4 is 6.29 Å². The molecule has 0 aromatic carbocycles. The van der Waals surface area contributed by atoms with Gasteiger partial charge in [0, 0.05) is 5.92 Å². The second-order valence-electron chi connectivity index (χ2n) is 2.52. The third-order valence-electron chi connectivity index (χ3n) is 1.88. The lowest BCUT2D eigenvalue weighted by molar-refractivity contribution is -0.109. The van der Waals surface area contributed by atoms with Crippen molar-refractivity contribution in [3.63, 3.8) is 0 Å². The van der Waals surface area contributed by atoms with Gasteiger partial charge in [-0.1, -0.05) is 18.6 Å². The molecule has 0 aliphatic heterocycles. The lowest BCUT2D eigenvalue weighted by Crippen LogP contribution is -1.89. The minimum Gasteiger partial charge on any atom is -0.303 e. The molecule has 1 unspecified atom stereocenters. The Morgan fingerprint density at radius 2 is 2.67 bits per heavy atom. The Bertz CT molecular complexity index is 136. The third-order valence-corrected chi connectivity index (χ3v) is 1.88. The van der Waals surface area contributed by atoms with E-state index in [2.05, 4.69) is 13.0 Å². The summed E-state index contributed by atoms with van der Waals surface area (Å²) in [4.78, 5) is 10.2. The zero-order valence-electron chi connectivity index (χ0n) is 5.76. The van der Waals surface area contributed by atoms with Gasteiger partial charge in [0.25, 0.3) is 0 Å². The van der Waals surface area contributed by atoms with E-state index in [9.17, 15) is 4.79 Å². The monoisotopic (exact) mass is 124 g/mol. The molecule has 0 heterocycles. The van der Waals surface area contributed by atoms with Gasteiger partial charge in [0.15, 0.2) is 0 Å². The van der Waals surface area contributed by atoms with Crippen molar-refractivity contribution < 1.29 is 4.79 Å². The lowest BCUT2D eigenvalue weighted by atomic mass is 10.1. The summed E-state index contributed by atoms with van der Waals surface area (Å²) >= 11 is 0. The van der Waals surface area contributed by atoms with E-state index in [1.165, 1.54) is 5.57 Å². The van der Waals surface area contributed by atoms with E-state index in [-0.39, 0.29) is 5.92 Å². The normalized spacial score (nSPS) is 25.9. The molecule has 1 nitrogen and oxygen atoms in total. The van der Waals surface area contributed by atoms with E-state index in [0.717, 1.165) is 25.5 Å². The first-order valence-electron chi connectivity index (χ1n) is 3.51. The summed E-state index contributed by atoms with van der Waals surface area (Å²) < 4.78 is 0. The Morgan fingerprint density at radius 3 is 3.00 bits per heavy atom. The van der Waals surface area contributed by atoms with Crippen molar-refractivity contribution in [1.29, 1.82) is 0 Å². The number of allylic oxidation sites excluding steroid dienone is 2. The molecular formula is C8H12O. The van der Waals surface area contributed by atoms with E-state index >= 15 is 0 Å². The van der Waals surface area contributed by atoms with E-state index in [4.69, 9.17) is 0 Å². The topological polar surface area (TPSA) is 17.1 Å². The molecule has 0 radical (unpaired) electrons. The van der Waals surface area contributed by atoms with Gasteiger partial charge in [-0.25, -0.2) is 0 Å². The summed E-state index contributed by atoms with van der Waals surface area (Å²) in [5, 5.41) is 0. The summed E-state index contributed by atoms with van der Waals surface area (Å²) in [6.07, 6.45) is 6.45. The second-order valence-corrected chi connectivity index (χ2v) is 2.52. The van der Waals surface area contributed by atoms with Gasteiger partial charge in [-0.3, -0.25) is 0 Å². The van der Waals surface area contributed by atoms with E-state index in [1.54, 1.807) is 0 Å². The van der Waals surface area contributed by atoms with Crippen LogP contribution in [0.2, 0.25) is 0 Å². The van der Waals surface area contributed by atoms with Crippen LogP contribution in [0.3, 0.4) is 0 Å². The fourth-order valence-electron chi connectivity index (χ4n) is 1.22. The van der Waals surface area contributed by atoms with Crippen LogP contribution in [0.1, 0.15) is 26.2 Å². The predicted molar refractivity (Wildman–Crippen MR) is 37.2 cm³/mol. The predicted octanol–water partition coefficient (Wildman–Crippen LogP) is 1.93. The number of rotatable bonds is 2. The molecule has 0 spiro atoms. The van der Waals surface area contributed by atoms with Gasteiger partial charge in [-0.15, -0.1) is 0 Å². The Balaban J connectivity index is 2.49. The molecule has 1 atom stereocenters. The molecule has 1 aliphatic rings. The molecule has 0 aromatic rings. The average molecular weight is 124 g/mol. The second kappa shape index (κ2) is 2.81. The van der Waals surface area contributed by atoms with Crippen LogP contribution in [0.4, 0.5) is 0 Å². The molecule has 1 rings (SSSR count). The fourth-order valence-corrected chi connectivity index (χ4v) is 1.22. The van der Waals surface area contributed by atoms with Gasteiger partial charge >= 0.3 is 0 Å². The zero-order chi connectivity index (χ0) is 6.69. The molecule has 0 bridgehead atoms. The first-order valence-corrected chi connectivity index (χ1v) is 3.51. The van der Waals surface area contributed by atoms with Crippen LogP contribution < -0.4 is 0 Å². The molecule has 0 fully saturated rings. The van der Waals surface area contributed by atoms with Crippen LogP contribution in [0, 0.1) is 5.92 Å². The molecule has 0 N–H and O–H groups in total. The molecule has 0 amide bonds. The maximum Gasteiger partial charge on any atom is 0.126 e. The van der Waals surface area contributed by atoms with E-state index in [0.29, 0.717) is 0 Å². The molecule has 50 valence electrons. The van der Waals surface area contributed by atoms with Crippen LogP contribution in [-0.4, -0.2) is 6.29 Å². The lowest BCUT2D eigenvalue weighted by Gasteiger charge is -1.89. The minimum absolute atomic E-state index is 0.236. The van der Waals surface area contributed by atoms with Crippen molar-refractivity contribution in [2.45, 2.75) is 26.2 Å². The Morgan fingerprint density at radius 1 is 1.89 bits per heavy atom. The van der Waals surface area contributed by atoms with Gasteiger partial charge in [0.1, 0.15) is 6.29 Å². The number of hydrogen-bond donors (Lipinski definition) is 0. The molecule has 9 heavy (non-hydrogen) atoms. The maximum atomic E-state index is 10.2. The van der Waals surface area contributed by atoms with Crippen molar-refractivity contribution in [1.82, 2.24) is 0 Å². The van der Waals surface area contributed by atoms with Gasteiger partial charge in [-0.05, 0) is 19.3 Å². The van der Waals surface area contributed by atoms with Crippen molar-refractivity contribution in [3.05, 3.63) is 11.6 Å². The highest BCUT2D eigenvalue weighted by atomic mass is 16.1. The van der Waals surface area contributed by atoms with Crippen molar-refractivity contribution in [3.8, 4) is 0 Å². The first-order chi connectivity index (χ1) is 4.36. The van der Waals surface area contributed by atoms with E-state index < -0.39 is 0 Å². The molecular weight excluding hydrogens is 112 g/mol. The Hall–Kier alpha value is -0.590. The largest absolute Gasteiger partial charge is 0.303 e. The average Bonchev–Trinajstić information content (AvgIpc) is 2.34. The maximum absolute atomic E-state index is 10.2. The van der Waals surface area contributed by atoms with Crippen molar-refractivity contribution in [2.24, 2.45) is 5.92 Å². The quantitative estimate of drug-likeness (QED) is 0.406. The summed E-state index contributed by atoms with van der Waals surface area (Å²) in [7, 11) is 0. The highest BCUT2D eigenvalue weighted by molar-refractivity contribution is 5.58. The standard InChI is InChI=1S/C8H12O/c1-2-7-3-4-8(5-7)6-9/h5-6,8H,2-4H2,1H3. The summed E-state index contributed by atoms with van der Waals surface area (Å²) in [5.74, 6) is 0.236. The van der Waals surface area contributed by atoms with E-state index in [1.807, 2.05) is 0 Å². The highest BCUT2D eigenvalue weighted by Gasteiger charge is 2.12. The minimum atomic E-state index is 0.236. The number of hydrogen-bond acceptors (Lipinski definition) is 1. The number of carbonyl (C=O) groups excluding carboxylic acids is 1. The highest BCUT2D eigenvalue weighted by Crippen LogP contribution is 2.23. The SMILES string of the molecule is CCC1=CC(C=O)CC1.